The van der Waals surface area contributed by atoms with Crippen LogP contribution in [0, 0.1) is 23.7 Å². The fourth-order valence-corrected chi connectivity index (χ4v) is 0.408. The standard InChI is InChI=1S/C6H12O.C5H12.2C4H10.2C3H8.4C2H6.2CH4/c1-4-6(7)5(2)3;1-4-5(2)3;2*1-4(2)3;2*1-3-2;4*1-2;;/h5H,4H2,1-3H3;5H,4H2,1-3H3;2*4H,1-3H3;2*3H2,1-2H3;4*1-2H3;2*1H4. The molecule has 0 aromatic carbocycles. The van der Waals surface area contributed by atoms with Gasteiger partial charge in [-0.25, -0.2) is 0 Å². The third kappa shape index (κ3) is 611. The van der Waals surface area contributed by atoms with E-state index >= 15 is 0 Å². The summed E-state index contributed by atoms with van der Waals surface area (Å²) in [4.78, 5) is 10.5. The van der Waals surface area contributed by atoms with Gasteiger partial charge in [-0.2, -0.15) is 0 Å². The number of hydrogen-bond donors (Lipinski definition) is 0. The second-order valence-corrected chi connectivity index (χ2v) is 8.65. The minimum atomic E-state index is 0. The van der Waals surface area contributed by atoms with Gasteiger partial charge in [0.2, 0.25) is 0 Å². The van der Waals surface area contributed by atoms with E-state index in [2.05, 4.69) is 90.0 Å². The molecule has 0 saturated carbocycles. The highest BCUT2D eigenvalue weighted by molar-refractivity contribution is 5.79. The molecule has 0 radical (unpaired) electrons. The van der Waals surface area contributed by atoms with Crippen LogP contribution in [0.4, 0.5) is 0 Å². The van der Waals surface area contributed by atoms with Gasteiger partial charge in [0.15, 0.2) is 0 Å². The second kappa shape index (κ2) is 113. The van der Waals surface area contributed by atoms with E-state index in [-0.39, 0.29) is 20.8 Å². The van der Waals surface area contributed by atoms with E-state index < -0.39 is 0 Å². The van der Waals surface area contributed by atoms with E-state index in [9.17, 15) is 4.79 Å². The third-order valence-corrected chi connectivity index (χ3v) is 1.81. The summed E-state index contributed by atoms with van der Waals surface area (Å²) in [6.07, 6.45) is 4.48. The SMILES string of the molecule is C.C.CC.CC.CC.CC.CC(C)C.CC(C)C.CCC.CCC.CCC(=O)C(C)C.CCC(C)C. The Kier molecular flexibility index (Phi) is 240. The normalized spacial score (nSPS) is 6.89. The quantitative estimate of drug-likeness (QED) is 0.356. The summed E-state index contributed by atoms with van der Waals surface area (Å²) in [6.45, 7) is 49.9. The predicted molar refractivity (Wildman–Crippen MR) is 187 cm³/mol. The Morgan fingerprint density at radius 1 is 0.472 bits per heavy atom. The summed E-state index contributed by atoms with van der Waals surface area (Å²) in [7, 11) is 0. The van der Waals surface area contributed by atoms with Crippen molar-refractivity contribution in [2.75, 3.05) is 0 Å². The highest BCUT2D eigenvalue weighted by Crippen LogP contribution is 1.95. The lowest BCUT2D eigenvalue weighted by Gasteiger charge is -1.96. The third-order valence-electron chi connectivity index (χ3n) is 1.81. The lowest BCUT2D eigenvalue weighted by Crippen LogP contribution is -2.03. The van der Waals surface area contributed by atoms with E-state index in [1.165, 1.54) is 19.3 Å². The van der Waals surface area contributed by atoms with Crippen molar-refractivity contribution in [1.82, 2.24) is 0 Å². The lowest BCUT2D eigenvalue weighted by atomic mass is 10.1. The number of carbonyl (C=O) groups excluding carboxylic acids is 1. The smallest absolute Gasteiger partial charge is 0.135 e. The van der Waals surface area contributed by atoms with Crippen LogP contribution in [0.25, 0.3) is 0 Å². The van der Waals surface area contributed by atoms with Crippen molar-refractivity contribution in [2.45, 2.75) is 207 Å². The minimum absolute atomic E-state index is 0. The molecule has 0 aliphatic rings. The molecule has 1 nitrogen and oxygen atoms in total. The average Bonchev–Trinajstić information content (AvgIpc) is 2.79. The van der Waals surface area contributed by atoms with Crippen molar-refractivity contribution >= 4 is 5.78 Å². The first-order valence-corrected chi connectivity index (χ1v) is 15.3. The maximum atomic E-state index is 10.5. The summed E-state index contributed by atoms with van der Waals surface area (Å²) < 4.78 is 0. The van der Waals surface area contributed by atoms with Crippen molar-refractivity contribution in [3.63, 3.8) is 0 Å². The molecule has 36 heavy (non-hydrogen) atoms. The van der Waals surface area contributed by atoms with E-state index in [1.54, 1.807) is 0 Å². The molecule has 1 heteroatoms. The van der Waals surface area contributed by atoms with E-state index in [0.29, 0.717) is 12.2 Å². The first-order valence-electron chi connectivity index (χ1n) is 15.3. The maximum absolute atomic E-state index is 10.5. The van der Waals surface area contributed by atoms with Crippen LogP contribution in [0.15, 0.2) is 0 Å². The topological polar surface area (TPSA) is 17.1 Å². The summed E-state index contributed by atoms with van der Waals surface area (Å²) in [6, 6.07) is 0. The monoisotopic (exact) mass is 529 g/mol. The Morgan fingerprint density at radius 3 is 0.583 bits per heavy atom. The molecule has 0 heterocycles. The van der Waals surface area contributed by atoms with Gasteiger partial charge in [-0.15, -0.1) is 0 Å². The van der Waals surface area contributed by atoms with Crippen LogP contribution in [0.3, 0.4) is 0 Å². The molecule has 0 rings (SSSR count). The van der Waals surface area contributed by atoms with Gasteiger partial charge >= 0.3 is 0 Å². The molecular weight excluding hydrogens is 436 g/mol. The Bertz CT molecular complexity index is 177. The summed E-state index contributed by atoms with van der Waals surface area (Å²) in [5.74, 6) is 3.12. The van der Waals surface area contributed by atoms with Crippen molar-refractivity contribution in [1.29, 1.82) is 0 Å². The summed E-state index contributed by atoms with van der Waals surface area (Å²) in [5, 5.41) is 0. The van der Waals surface area contributed by atoms with E-state index in [4.69, 9.17) is 0 Å². The Balaban J connectivity index is -0.0000000183. The van der Waals surface area contributed by atoms with Crippen LogP contribution in [-0.4, -0.2) is 5.78 Å². The first-order chi connectivity index (χ1) is 15.7. The number of Topliss-reactive ketones (excluding diaryl/α,β-unsaturated/α-hetero) is 1. The van der Waals surface area contributed by atoms with E-state index in [0.717, 1.165) is 17.8 Å². The molecular formula is C35H92O. The van der Waals surface area contributed by atoms with Crippen molar-refractivity contribution in [3.05, 3.63) is 0 Å². The molecule has 0 unspecified atom stereocenters. The fraction of sp³-hybridized carbons (Fsp3) is 0.971. The molecule has 0 spiro atoms. The second-order valence-electron chi connectivity index (χ2n) is 8.65. The van der Waals surface area contributed by atoms with Gasteiger partial charge in [0.25, 0.3) is 0 Å². The van der Waals surface area contributed by atoms with Gasteiger partial charge in [-0.1, -0.05) is 200 Å². The van der Waals surface area contributed by atoms with Crippen LogP contribution in [0.1, 0.15) is 207 Å². The van der Waals surface area contributed by atoms with Crippen LogP contribution < -0.4 is 0 Å². The summed E-state index contributed by atoms with van der Waals surface area (Å²) >= 11 is 0. The fourth-order valence-electron chi connectivity index (χ4n) is 0.408. The van der Waals surface area contributed by atoms with Crippen LogP contribution in [-0.2, 0) is 4.79 Å². The molecule has 0 aromatic rings. The first kappa shape index (κ1) is 76.5. The largest absolute Gasteiger partial charge is 0.299 e. The van der Waals surface area contributed by atoms with Crippen LogP contribution >= 0.6 is 0 Å². The molecule has 0 atom stereocenters. The van der Waals surface area contributed by atoms with Gasteiger partial charge in [-0.3, -0.25) is 4.79 Å². The Labute approximate surface area is 240 Å². The maximum Gasteiger partial charge on any atom is 0.135 e. The van der Waals surface area contributed by atoms with Crippen LogP contribution in [0.5, 0.6) is 0 Å². The van der Waals surface area contributed by atoms with Crippen molar-refractivity contribution in [3.8, 4) is 0 Å². The number of rotatable bonds is 3. The predicted octanol–water partition coefficient (Wildman–Crippen LogP) is 15.2. The zero-order valence-corrected chi connectivity index (χ0v) is 30.0. The Morgan fingerprint density at radius 2 is 0.583 bits per heavy atom. The number of hydrogen-bond acceptors (Lipinski definition) is 1. The summed E-state index contributed by atoms with van der Waals surface area (Å²) in [5.41, 5.74) is 0. The molecule has 238 valence electrons. The molecule has 0 aliphatic carbocycles. The highest BCUT2D eigenvalue weighted by Gasteiger charge is 2.00. The zero-order chi connectivity index (χ0) is 30.7. The average molecular weight is 529 g/mol. The lowest BCUT2D eigenvalue weighted by molar-refractivity contribution is -0.121. The van der Waals surface area contributed by atoms with Crippen molar-refractivity contribution < 1.29 is 4.79 Å². The Hall–Kier alpha value is -0.330. The number of ketones is 1. The molecule has 0 saturated heterocycles. The molecule has 0 aromatic heterocycles. The molecule has 0 fully saturated rings. The van der Waals surface area contributed by atoms with E-state index in [1.807, 2.05) is 76.2 Å². The van der Waals surface area contributed by atoms with Gasteiger partial charge in [0.1, 0.15) is 5.78 Å². The minimum Gasteiger partial charge on any atom is -0.299 e. The molecule has 0 N–H and O–H groups in total. The van der Waals surface area contributed by atoms with Gasteiger partial charge in [0, 0.05) is 12.3 Å². The molecule has 0 bridgehead atoms. The molecule has 0 amide bonds. The molecule has 0 aliphatic heterocycles. The van der Waals surface area contributed by atoms with Crippen molar-refractivity contribution in [2.24, 2.45) is 23.7 Å². The van der Waals surface area contributed by atoms with Gasteiger partial charge in [0.05, 0.1) is 0 Å². The zero-order valence-electron chi connectivity index (χ0n) is 30.0. The highest BCUT2D eigenvalue weighted by atomic mass is 16.1. The number of carbonyl (C=O) groups is 1. The van der Waals surface area contributed by atoms with Gasteiger partial charge in [-0.05, 0) is 17.8 Å². The van der Waals surface area contributed by atoms with Gasteiger partial charge < -0.3 is 0 Å². The van der Waals surface area contributed by atoms with Crippen LogP contribution in [0.2, 0.25) is 0 Å².